The van der Waals surface area contributed by atoms with Crippen LogP contribution in [0.1, 0.15) is 5.56 Å². The highest BCUT2D eigenvalue weighted by Crippen LogP contribution is 2.17. The average molecular weight is 337 g/mol. The molecule has 1 amide bonds. The zero-order valence-electron chi connectivity index (χ0n) is 9.94. The number of carbonyl (C=O) groups excluding carboxylic acids is 1. The normalized spacial score (nSPS) is 10.6. The molecule has 19 heavy (non-hydrogen) atoms. The van der Waals surface area contributed by atoms with Crippen LogP contribution in [-0.4, -0.2) is 5.91 Å². The molecule has 0 saturated carbocycles. The Morgan fingerprint density at radius 2 is 1.79 bits per heavy atom. The molecule has 2 aromatic carbocycles. The molecule has 0 saturated heterocycles. The fourth-order valence-electron chi connectivity index (χ4n) is 1.49. The molecule has 4 heteroatoms. The molecule has 0 unspecified atom stereocenters. The van der Waals surface area contributed by atoms with Crippen molar-refractivity contribution in [3.05, 3.63) is 69.7 Å². The molecule has 0 aliphatic carbocycles. The highest BCUT2D eigenvalue weighted by Gasteiger charge is 1.99. The molecule has 0 radical (unpaired) electrons. The number of rotatable bonds is 3. The minimum Gasteiger partial charge on any atom is -0.323 e. The lowest BCUT2D eigenvalue weighted by molar-refractivity contribution is -0.111. The van der Waals surface area contributed by atoms with Gasteiger partial charge in [0.1, 0.15) is 0 Å². The van der Waals surface area contributed by atoms with Crippen LogP contribution >= 0.6 is 27.5 Å². The van der Waals surface area contributed by atoms with E-state index in [9.17, 15) is 4.79 Å². The Kier molecular flexibility index (Phi) is 4.77. The number of halogens is 2. The summed E-state index contributed by atoms with van der Waals surface area (Å²) < 4.78 is 0.970. The Balaban J connectivity index is 2.02. The maximum Gasteiger partial charge on any atom is 0.248 e. The summed E-state index contributed by atoms with van der Waals surface area (Å²) in [6, 6.07) is 14.7. The van der Waals surface area contributed by atoms with Crippen molar-refractivity contribution in [3.8, 4) is 0 Å². The van der Waals surface area contributed by atoms with Gasteiger partial charge in [-0.15, -0.1) is 0 Å². The van der Waals surface area contributed by atoms with Crippen LogP contribution in [0.5, 0.6) is 0 Å². The van der Waals surface area contributed by atoms with Gasteiger partial charge in [-0.3, -0.25) is 4.79 Å². The first-order chi connectivity index (χ1) is 9.15. The summed E-state index contributed by atoms with van der Waals surface area (Å²) in [5.74, 6) is -0.192. The van der Waals surface area contributed by atoms with E-state index < -0.39 is 0 Å². The molecule has 0 aliphatic heterocycles. The first kappa shape index (κ1) is 13.8. The monoisotopic (exact) mass is 335 g/mol. The SMILES string of the molecule is O=C(/C=C/c1ccccc1Cl)Nc1ccc(Br)cc1. The molecule has 2 nitrogen and oxygen atoms in total. The predicted molar refractivity (Wildman–Crippen MR) is 83.3 cm³/mol. The fourth-order valence-corrected chi connectivity index (χ4v) is 1.96. The summed E-state index contributed by atoms with van der Waals surface area (Å²) >= 11 is 9.34. The van der Waals surface area contributed by atoms with Crippen molar-refractivity contribution in [2.24, 2.45) is 0 Å². The van der Waals surface area contributed by atoms with Crippen LogP contribution in [0.15, 0.2) is 59.1 Å². The Morgan fingerprint density at radius 1 is 1.11 bits per heavy atom. The number of hydrogen-bond acceptors (Lipinski definition) is 1. The lowest BCUT2D eigenvalue weighted by atomic mass is 10.2. The van der Waals surface area contributed by atoms with Crippen LogP contribution in [-0.2, 0) is 4.79 Å². The van der Waals surface area contributed by atoms with Gasteiger partial charge in [-0.2, -0.15) is 0 Å². The second kappa shape index (κ2) is 6.55. The highest BCUT2D eigenvalue weighted by molar-refractivity contribution is 9.10. The van der Waals surface area contributed by atoms with Gasteiger partial charge in [-0.05, 0) is 42.0 Å². The van der Waals surface area contributed by atoms with Gasteiger partial charge in [0.15, 0.2) is 0 Å². The fraction of sp³-hybridized carbons (Fsp3) is 0. The average Bonchev–Trinajstić information content (AvgIpc) is 2.40. The van der Waals surface area contributed by atoms with E-state index in [4.69, 9.17) is 11.6 Å². The van der Waals surface area contributed by atoms with Crippen molar-refractivity contribution in [2.75, 3.05) is 5.32 Å². The van der Waals surface area contributed by atoms with Crippen molar-refractivity contribution in [1.82, 2.24) is 0 Å². The number of amides is 1. The smallest absolute Gasteiger partial charge is 0.248 e. The Hall–Kier alpha value is -1.58. The molecule has 0 aliphatic rings. The number of anilines is 1. The second-order valence-electron chi connectivity index (χ2n) is 3.85. The molecule has 2 rings (SSSR count). The van der Waals surface area contributed by atoms with Crippen LogP contribution in [0.4, 0.5) is 5.69 Å². The molecular formula is C15H11BrClNO. The maximum absolute atomic E-state index is 11.7. The van der Waals surface area contributed by atoms with Crippen molar-refractivity contribution >= 4 is 45.2 Å². The summed E-state index contributed by atoms with van der Waals surface area (Å²) in [6.45, 7) is 0. The molecule has 0 aromatic heterocycles. The van der Waals surface area contributed by atoms with E-state index in [2.05, 4.69) is 21.2 Å². The van der Waals surface area contributed by atoms with Crippen LogP contribution in [0.3, 0.4) is 0 Å². The highest BCUT2D eigenvalue weighted by atomic mass is 79.9. The summed E-state index contributed by atoms with van der Waals surface area (Å²) in [7, 11) is 0. The van der Waals surface area contributed by atoms with Crippen LogP contribution in [0.2, 0.25) is 5.02 Å². The van der Waals surface area contributed by atoms with Gasteiger partial charge in [0.05, 0.1) is 0 Å². The van der Waals surface area contributed by atoms with Crippen molar-refractivity contribution in [1.29, 1.82) is 0 Å². The Morgan fingerprint density at radius 3 is 2.47 bits per heavy atom. The van der Waals surface area contributed by atoms with E-state index in [1.165, 1.54) is 6.08 Å². The lowest BCUT2D eigenvalue weighted by Crippen LogP contribution is -2.07. The second-order valence-corrected chi connectivity index (χ2v) is 5.17. The van der Waals surface area contributed by atoms with Gasteiger partial charge in [-0.25, -0.2) is 0 Å². The van der Waals surface area contributed by atoms with E-state index >= 15 is 0 Å². The summed E-state index contributed by atoms with van der Waals surface area (Å²) in [6.07, 6.45) is 3.15. The third-order valence-corrected chi connectivity index (χ3v) is 3.30. The topological polar surface area (TPSA) is 29.1 Å². The molecule has 2 aromatic rings. The molecule has 0 heterocycles. The Labute approximate surface area is 125 Å². The maximum atomic E-state index is 11.7. The molecule has 0 atom stereocenters. The van der Waals surface area contributed by atoms with Gasteiger partial charge >= 0.3 is 0 Å². The molecule has 96 valence electrons. The van der Waals surface area contributed by atoms with E-state index in [1.54, 1.807) is 12.1 Å². The van der Waals surface area contributed by atoms with E-state index in [0.29, 0.717) is 5.02 Å². The van der Waals surface area contributed by atoms with Gasteiger partial charge in [0.25, 0.3) is 0 Å². The number of nitrogens with one attached hydrogen (secondary N) is 1. The van der Waals surface area contributed by atoms with Crippen molar-refractivity contribution < 1.29 is 4.79 Å². The van der Waals surface area contributed by atoms with E-state index in [0.717, 1.165) is 15.7 Å². The summed E-state index contributed by atoms with van der Waals surface area (Å²) in [5, 5.41) is 3.39. The minimum atomic E-state index is -0.192. The van der Waals surface area contributed by atoms with Crippen LogP contribution in [0.25, 0.3) is 6.08 Å². The quantitative estimate of drug-likeness (QED) is 0.805. The third kappa shape index (κ3) is 4.23. The van der Waals surface area contributed by atoms with Crippen molar-refractivity contribution in [3.63, 3.8) is 0 Å². The van der Waals surface area contributed by atoms with Gasteiger partial charge < -0.3 is 5.32 Å². The standard InChI is InChI=1S/C15H11BrClNO/c16-12-6-8-13(9-7-12)18-15(19)10-5-11-3-1-2-4-14(11)17/h1-10H,(H,18,19)/b10-5+. The zero-order valence-corrected chi connectivity index (χ0v) is 12.3. The molecule has 0 spiro atoms. The third-order valence-electron chi connectivity index (χ3n) is 2.43. The molecular weight excluding hydrogens is 326 g/mol. The lowest BCUT2D eigenvalue weighted by Gasteiger charge is -2.02. The number of carbonyl (C=O) groups is 1. The largest absolute Gasteiger partial charge is 0.323 e. The van der Waals surface area contributed by atoms with Crippen LogP contribution < -0.4 is 5.32 Å². The minimum absolute atomic E-state index is 0.192. The van der Waals surface area contributed by atoms with Gasteiger partial charge in [0.2, 0.25) is 5.91 Å². The summed E-state index contributed by atoms with van der Waals surface area (Å²) in [4.78, 5) is 11.7. The predicted octanol–water partition coefficient (Wildman–Crippen LogP) is 4.75. The van der Waals surface area contributed by atoms with E-state index in [1.807, 2.05) is 42.5 Å². The first-order valence-electron chi connectivity index (χ1n) is 5.64. The van der Waals surface area contributed by atoms with Gasteiger partial charge in [-0.1, -0.05) is 45.7 Å². The van der Waals surface area contributed by atoms with Crippen LogP contribution in [0, 0.1) is 0 Å². The van der Waals surface area contributed by atoms with Crippen molar-refractivity contribution in [2.45, 2.75) is 0 Å². The van der Waals surface area contributed by atoms with Gasteiger partial charge in [0, 0.05) is 21.3 Å². The first-order valence-corrected chi connectivity index (χ1v) is 6.81. The number of hydrogen-bond donors (Lipinski definition) is 1. The number of benzene rings is 2. The molecule has 0 fully saturated rings. The zero-order chi connectivity index (χ0) is 13.7. The molecule has 1 N–H and O–H groups in total. The molecule has 0 bridgehead atoms. The summed E-state index contributed by atoms with van der Waals surface area (Å²) in [5.41, 5.74) is 1.56. The van der Waals surface area contributed by atoms with E-state index in [-0.39, 0.29) is 5.91 Å². The Bertz CT molecular complexity index is 608.